The maximum atomic E-state index is 12.3. The number of halogens is 4. The van der Waals surface area contributed by atoms with E-state index in [0.717, 1.165) is 6.07 Å². The summed E-state index contributed by atoms with van der Waals surface area (Å²) in [6.07, 6.45) is -3.39. The van der Waals surface area contributed by atoms with Gasteiger partial charge in [-0.3, -0.25) is 0 Å². The number of aromatic nitrogens is 2. The predicted molar refractivity (Wildman–Crippen MR) is 72.5 cm³/mol. The van der Waals surface area contributed by atoms with Crippen LogP contribution >= 0.6 is 15.9 Å². The van der Waals surface area contributed by atoms with Crippen LogP contribution in [0.1, 0.15) is 0 Å². The van der Waals surface area contributed by atoms with Crippen molar-refractivity contribution in [3.05, 3.63) is 34.9 Å². The average Bonchev–Trinajstić information content (AvgIpc) is 2.42. The van der Waals surface area contributed by atoms with Crippen molar-refractivity contribution in [3.63, 3.8) is 0 Å². The molecule has 1 N–H and O–H groups in total. The third-order valence-electron chi connectivity index (χ3n) is 2.22. The van der Waals surface area contributed by atoms with Crippen molar-refractivity contribution in [2.45, 2.75) is 6.36 Å². The smallest absolute Gasteiger partial charge is 0.434 e. The fourth-order valence-corrected chi connectivity index (χ4v) is 1.66. The Morgan fingerprint density at radius 1 is 1.19 bits per heavy atom. The second-order valence-electron chi connectivity index (χ2n) is 3.69. The van der Waals surface area contributed by atoms with Gasteiger partial charge in [0.25, 0.3) is 0 Å². The first-order chi connectivity index (χ1) is 9.89. The summed E-state index contributed by atoms with van der Waals surface area (Å²) in [7, 11) is 1.60. The van der Waals surface area contributed by atoms with E-state index in [2.05, 4.69) is 36.0 Å². The zero-order chi connectivity index (χ0) is 15.5. The Hall–Kier alpha value is -2.03. The van der Waals surface area contributed by atoms with Crippen molar-refractivity contribution >= 4 is 21.9 Å². The minimum atomic E-state index is -4.81. The minimum absolute atomic E-state index is 0.0626. The molecule has 0 bridgehead atoms. The number of benzene rings is 1. The molecule has 1 aromatic heterocycles. The van der Waals surface area contributed by atoms with Crippen LogP contribution in [0.15, 0.2) is 34.9 Å². The third-order valence-corrected chi connectivity index (χ3v) is 2.76. The summed E-state index contributed by atoms with van der Waals surface area (Å²) in [5, 5.41) is 2.70. The van der Waals surface area contributed by atoms with Gasteiger partial charge in [-0.05, 0) is 28.1 Å². The SMILES string of the molecule is CNc1ncc(Br)c(Oc2ccccc2OC(F)(F)F)n1. The second-order valence-corrected chi connectivity index (χ2v) is 4.55. The van der Waals surface area contributed by atoms with Crippen LogP contribution in [0, 0.1) is 0 Å². The maximum Gasteiger partial charge on any atom is 0.573 e. The Morgan fingerprint density at radius 3 is 2.48 bits per heavy atom. The molecule has 2 rings (SSSR count). The van der Waals surface area contributed by atoms with Crippen LogP contribution in [-0.4, -0.2) is 23.4 Å². The third kappa shape index (κ3) is 4.22. The molecule has 5 nitrogen and oxygen atoms in total. The Balaban J connectivity index is 2.31. The summed E-state index contributed by atoms with van der Waals surface area (Å²) >= 11 is 3.16. The van der Waals surface area contributed by atoms with E-state index in [0.29, 0.717) is 4.47 Å². The molecule has 0 saturated heterocycles. The highest BCUT2D eigenvalue weighted by atomic mass is 79.9. The molecule has 2 aromatic rings. The number of hydrogen-bond acceptors (Lipinski definition) is 5. The monoisotopic (exact) mass is 363 g/mol. The first kappa shape index (κ1) is 15.4. The molecular formula is C12H9BrF3N3O2. The van der Waals surface area contributed by atoms with Crippen LogP contribution in [0.2, 0.25) is 0 Å². The number of para-hydroxylation sites is 2. The van der Waals surface area contributed by atoms with Gasteiger partial charge in [0.15, 0.2) is 11.5 Å². The summed E-state index contributed by atoms with van der Waals surface area (Å²) in [4.78, 5) is 7.92. The van der Waals surface area contributed by atoms with Crippen LogP contribution in [0.4, 0.5) is 19.1 Å². The van der Waals surface area contributed by atoms with E-state index in [-0.39, 0.29) is 17.6 Å². The number of hydrogen-bond donors (Lipinski definition) is 1. The molecule has 0 aliphatic heterocycles. The summed E-state index contributed by atoms with van der Waals surface area (Å²) in [5.41, 5.74) is 0. The van der Waals surface area contributed by atoms with Crippen LogP contribution in [-0.2, 0) is 0 Å². The van der Waals surface area contributed by atoms with Crippen molar-refractivity contribution in [2.75, 3.05) is 12.4 Å². The predicted octanol–water partition coefficient (Wildman–Crippen LogP) is 3.97. The molecule has 0 radical (unpaired) electrons. The first-order valence-corrected chi connectivity index (χ1v) is 6.41. The van der Waals surface area contributed by atoms with Crippen LogP contribution in [0.25, 0.3) is 0 Å². The van der Waals surface area contributed by atoms with E-state index < -0.39 is 12.1 Å². The Morgan fingerprint density at radius 2 is 1.86 bits per heavy atom. The molecule has 1 heterocycles. The number of nitrogens with zero attached hydrogens (tertiary/aromatic N) is 2. The van der Waals surface area contributed by atoms with Gasteiger partial charge in [0.05, 0.1) is 10.7 Å². The molecule has 0 atom stereocenters. The number of ether oxygens (including phenoxy) is 2. The molecule has 0 aliphatic rings. The summed E-state index contributed by atoms with van der Waals surface area (Å²) in [5.74, 6) is -0.243. The number of nitrogens with one attached hydrogen (secondary N) is 1. The molecule has 0 aliphatic carbocycles. The Kier molecular flexibility index (Phi) is 4.51. The van der Waals surface area contributed by atoms with E-state index >= 15 is 0 Å². The second kappa shape index (κ2) is 6.17. The normalized spacial score (nSPS) is 11.1. The van der Waals surface area contributed by atoms with E-state index in [9.17, 15) is 13.2 Å². The lowest BCUT2D eigenvalue weighted by Gasteiger charge is -2.14. The van der Waals surface area contributed by atoms with Gasteiger partial charge in [0.2, 0.25) is 11.8 Å². The summed E-state index contributed by atoms with van der Waals surface area (Å²) in [6, 6.07) is 5.42. The van der Waals surface area contributed by atoms with Crippen molar-refractivity contribution in [1.29, 1.82) is 0 Å². The van der Waals surface area contributed by atoms with Crippen molar-refractivity contribution < 1.29 is 22.6 Å². The van der Waals surface area contributed by atoms with E-state index in [1.807, 2.05) is 0 Å². The number of anilines is 1. The lowest BCUT2D eigenvalue weighted by atomic mass is 10.3. The van der Waals surface area contributed by atoms with Gasteiger partial charge in [0, 0.05) is 7.05 Å². The van der Waals surface area contributed by atoms with Crippen molar-refractivity contribution in [2.24, 2.45) is 0 Å². The van der Waals surface area contributed by atoms with Gasteiger partial charge in [0.1, 0.15) is 0 Å². The molecule has 0 amide bonds. The molecule has 0 unspecified atom stereocenters. The van der Waals surface area contributed by atoms with Crippen LogP contribution < -0.4 is 14.8 Å². The highest BCUT2D eigenvalue weighted by molar-refractivity contribution is 9.10. The lowest BCUT2D eigenvalue weighted by molar-refractivity contribution is -0.275. The molecule has 0 fully saturated rings. The Labute approximate surface area is 126 Å². The minimum Gasteiger partial charge on any atom is -0.434 e. The maximum absolute atomic E-state index is 12.3. The zero-order valence-electron chi connectivity index (χ0n) is 10.6. The largest absolute Gasteiger partial charge is 0.573 e. The van der Waals surface area contributed by atoms with Gasteiger partial charge in [-0.25, -0.2) is 4.98 Å². The number of alkyl halides is 3. The fraction of sp³-hybridized carbons (Fsp3) is 0.167. The average molecular weight is 364 g/mol. The molecule has 0 spiro atoms. The van der Waals surface area contributed by atoms with Gasteiger partial charge >= 0.3 is 6.36 Å². The Bertz CT molecular complexity index is 637. The molecule has 21 heavy (non-hydrogen) atoms. The van der Waals surface area contributed by atoms with Crippen molar-refractivity contribution in [1.82, 2.24) is 9.97 Å². The van der Waals surface area contributed by atoms with Gasteiger partial charge in [-0.1, -0.05) is 12.1 Å². The first-order valence-electron chi connectivity index (χ1n) is 5.62. The summed E-state index contributed by atoms with van der Waals surface area (Å²) in [6.45, 7) is 0. The molecular weight excluding hydrogens is 355 g/mol. The molecule has 112 valence electrons. The van der Waals surface area contributed by atoms with Gasteiger partial charge < -0.3 is 14.8 Å². The van der Waals surface area contributed by atoms with E-state index in [1.165, 1.54) is 24.4 Å². The van der Waals surface area contributed by atoms with Gasteiger partial charge in [-0.15, -0.1) is 13.2 Å². The molecule has 1 aromatic carbocycles. The highest BCUT2D eigenvalue weighted by Crippen LogP contribution is 2.36. The molecule has 9 heteroatoms. The summed E-state index contributed by atoms with van der Waals surface area (Å²) < 4.78 is 46.7. The molecule has 0 saturated carbocycles. The van der Waals surface area contributed by atoms with E-state index in [1.54, 1.807) is 7.05 Å². The lowest BCUT2D eigenvalue weighted by Crippen LogP contribution is -2.17. The zero-order valence-corrected chi connectivity index (χ0v) is 12.2. The quantitative estimate of drug-likeness (QED) is 0.890. The van der Waals surface area contributed by atoms with Gasteiger partial charge in [-0.2, -0.15) is 4.98 Å². The van der Waals surface area contributed by atoms with E-state index in [4.69, 9.17) is 4.74 Å². The standard InChI is InChI=1S/C12H9BrF3N3O2/c1-17-11-18-6-7(13)10(19-11)20-8-4-2-3-5-9(8)21-12(14,15)16/h2-6H,1H3,(H,17,18,19). The topological polar surface area (TPSA) is 56.3 Å². The van der Waals surface area contributed by atoms with Crippen LogP contribution in [0.5, 0.6) is 17.4 Å². The van der Waals surface area contributed by atoms with Crippen molar-refractivity contribution in [3.8, 4) is 17.4 Å². The number of rotatable bonds is 4. The highest BCUT2D eigenvalue weighted by Gasteiger charge is 2.32. The van der Waals surface area contributed by atoms with Crippen LogP contribution in [0.3, 0.4) is 0 Å². The fourth-order valence-electron chi connectivity index (χ4n) is 1.39.